The Labute approximate surface area is 328 Å². The van der Waals surface area contributed by atoms with Gasteiger partial charge in [0.25, 0.3) is 0 Å². The highest BCUT2D eigenvalue weighted by Crippen LogP contribution is 2.42. The smallest absolute Gasteiger partial charge is 0.137 e. The summed E-state index contributed by atoms with van der Waals surface area (Å²) in [5, 5.41) is 0. The van der Waals surface area contributed by atoms with Crippen LogP contribution in [0.3, 0.4) is 0 Å². The van der Waals surface area contributed by atoms with Gasteiger partial charge in [0.05, 0.1) is 45.0 Å². The largest absolute Gasteiger partial charge is 0.354 e. The summed E-state index contributed by atoms with van der Waals surface area (Å²) in [6.45, 7) is 0. The van der Waals surface area contributed by atoms with Crippen LogP contribution >= 0.6 is 0 Å². The first-order valence-corrected chi connectivity index (χ1v) is 17.4. The van der Waals surface area contributed by atoms with E-state index in [4.69, 9.17) is 0 Å². The molecule has 4 aromatic carbocycles. The number of hydrogen-bond acceptors (Lipinski definition) is 2. The summed E-state index contributed by atoms with van der Waals surface area (Å²) in [6, 6.07) is 7.77. The summed E-state index contributed by atoms with van der Waals surface area (Å²) >= 11 is 0. The Morgan fingerprint density at radius 2 is 0.450 bits per heavy atom. The summed E-state index contributed by atoms with van der Waals surface area (Å²) in [5.74, 6) is -16.6. The van der Waals surface area contributed by atoms with E-state index < -0.39 is 114 Å². The number of fused-ring (bicyclic) bond motifs is 8. The normalized spacial score (nSPS) is 12.2. The predicted octanol–water partition coefficient (Wildman–Crippen LogP) is 13.0. The molecule has 4 nitrogen and oxygen atoms in total. The number of aromatic nitrogens is 4. The van der Waals surface area contributed by atoms with Crippen molar-refractivity contribution in [2.24, 2.45) is 0 Å². The van der Waals surface area contributed by atoms with Crippen LogP contribution in [0.5, 0.6) is 0 Å². The second kappa shape index (κ2) is 14.2. The lowest BCUT2D eigenvalue weighted by molar-refractivity contribution is 0.547. The van der Waals surface area contributed by atoms with E-state index in [2.05, 4.69) is 19.9 Å². The van der Waals surface area contributed by atoms with Crippen LogP contribution in [0.2, 0.25) is 0 Å². The van der Waals surface area contributed by atoms with Crippen LogP contribution in [0.25, 0.3) is 90.9 Å². The SMILES string of the molecule is Fc1cc(F)c(-c2c3nc(c(-c4c(F)cc(F)cc4F)c4ccc([nH]4)c(-c4c(F)cc(F)cc4F)c4nc(c(-c5c(F)cc(F)cc5F)c5ccc2[nH]5)C=C4)C=C3)c(F)c1. The van der Waals surface area contributed by atoms with Gasteiger partial charge in [-0.25, -0.2) is 62.7 Å². The highest BCUT2D eigenvalue weighted by Gasteiger charge is 2.27. The van der Waals surface area contributed by atoms with E-state index in [9.17, 15) is 17.6 Å². The Kier molecular flexibility index (Phi) is 9.02. The third-order valence-electron chi connectivity index (χ3n) is 9.78. The summed E-state index contributed by atoms with van der Waals surface area (Å²) in [4.78, 5) is 14.5. The molecule has 0 saturated carbocycles. The maximum atomic E-state index is 15.7. The van der Waals surface area contributed by atoms with Crippen LogP contribution in [-0.4, -0.2) is 19.9 Å². The highest BCUT2D eigenvalue weighted by molar-refractivity contribution is 6.00. The average Bonchev–Trinajstić information content (AvgIpc) is 3.99. The number of nitrogens with one attached hydrogen (secondary N) is 2. The Hall–Kier alpha value is -7.36. The first-order chi connectivity index (χ1) is 28.7. The van der Waals surface area contributed by atoms with Gasteiger partial charge in [0, 0.05) is 92.9 Å². The number of nitrogens with zero attached hydrogens (tertiary/aromatic N) is 2. The molecular weight excluding hydrogens is 812 g/mol. The minimum absolute atomic E-state index is 0.232. The van der Waals surface area contributed by atoms with Gasteiger partial charge in [-0.1, -0.05) is 0 Å². The fourth-order valence-electron chi connectivity index (χ4n) is 7.38. The number of halogens is 12. The van der Waals surface area contributed by atoms with E-state index in [0.717, 1.165) is 0 Å². The van der Waals surface area contributed by atoms with E-state index in [0.29, 0.717) is 48.5 Å². The molecule has 0 atom stereocenters. The van der Waals surface area contributed by atoms with Crippen LogP contribution in [0.1, 0.15) is 22.8 Å². The third kappa shape index (κ3) is 6.31. The average molecular weight is 831 g/mol. The lowest BCUT2D eigenvalue weighted by atomic mass is 10.0. The molecule has 2 aliphatic heterocycles. The maximum absolute atomic E-state index is 15.7. The van der Waals surface area contributed by atoms with Gasteiger partial charge in [-0.3, -0.25) is 0 Å². The van der Waals surface area contributed by atoms with Gasteiger partial charge in [0.1, 0.15) is 69.8 Å². The molecule has 0 saturated heterocycles. The maximum Gasteiger partial charge on any atom is 0.137 e. The molecule has 2 N–H and O–H groups in total. The second-order valence-corrected chi connectivity index (χ2v) is 13.5. The van der Waals surface area contributed by atoms with Crippen LogP contribution in [0.15, 0.2) is 72.8 Å². The fraction of sp³-hybridized carbons (Fsp3) is 0. The number of aromatic amines is 2. The Morgan fingerprint density at radius 3 is 0.633 bits per heavy atom. The molecule has 2 aliphatic rings. The monoisotopic (exact) mass is 830 g/mol. The van der Waals surface area contributed by atoms with E-state index >= 15 is 35.1 Å². The van der Waals surface area contributed by atoms with Gasteiger partial charge in [-0.05, 0) is 48.6 Å². The quantitative estimate of drug-likeness (QED) is 0.174. The van der Waals surface area contributed by atoms with Crippen molar-refractivity contribution in [2.45, 2.75) is 0 Å². The molecule has 60 heavy (non-hydrogen) atoms. The van der Waals surface area contributed by atoms with Gasteiger partial charge in [0.2, 0.25) is 0 Å². The number of H-pyrrole nitrogens is 2. The molecule has 16 heteroatoms. The number of hydrogen-bond donors (Lipinski definition) is 2. The highest BCUT2D eigenvalue weighted by atomic mass is 19.2. The van der Waals surface area contributed by atoms with Crippen molar-refractivity contribution in [3.05, 3.63) is 165 Å². The molecule has 9 rings (SSSR count). The molecule has 0 fully saturated rings. The van der Waals surface area contributed by atoms with Crippen molar-refractivity contribution in [3.8, 4) is 44.5 Å². The molecule has 7 aromatic rings. The lowest BCUT2D eigenvalue weighted by Gasteiger charge is -2.10. The Bertz CT molecular complexity index is 2740. The van der Waals surface area contributed by atoms with Crippen molar-refractivity contribution >= 4 is 46.4 Å². The van der Waals surface area contributed by atoms with Crippen molar-refractivity contribution < 1.29 is 52.7 Å². The van der Waals surface area contributed by atoms with Crippen molar-refractivity contribution in [1.82, 2.24) is 19.9 Å². The number of benzene rings is 4. The minimum atomic E-state index is -1.43. The summed E-state index contributed by atoms with van der Waals surface area (Å²) in [6.07, 6.45) is 4.68. The Morgan fingerprint density at radius 1 is 0.267 bits per heavy atom. The summed E-state index contributed by atoms with van der Waals surface area (Å²) in [7, 11) is 0. The van der Waals surface area contributed by atoms with Gasteiger partial charge < -0.3 is 9.97 Å². The molecule has 298 valence electrons. The first kappa shape index (κ1) is 38.2. The van der Waals surface area contributed by atoms with Crippen molar-refractivity contribution in [3.63, 3.8) is 0 Å². The zero-order chi connectivity index (χ0) is 42.3. The van der Waals surface area contributed by atoms with Gasteiger partial charge in [0.15, 0.2) is 0 Å². The van der Waals surface area contributed by atoms with Crippen LogP contribution < -0.4 is 0 Å². The van der Waals surface area contributed by atoms with Crippen LogP contribution in [0, 0.1) is 69.8 Å². The summed E-state index contributed by atoms with van der Waals surface area (Å²) in [5.41, 5.74) is -7.41. The molecule has 0 amide bonds. The topological polar surface area (TPSA) is 57.4 Å². The van der Waals surface area contributed by atoms with E-state index in [-0.39, 0.29) is 44.8 Å². The zero-order valence-corrected chi connectivity index (χ0v) is 29.7. The second-order valence-electron chi connectivity index (χ2n) is 13.5. The molecule has 0 radical (unpaired) electrons. The van der Waals surface area contributed by atoms with E-state index in [1.54, 1.807) is 0 Å². The van der Waals surface area contributed by atoms with Crippen LogP contribution in [-0.2, 0) is 0 Å². The number of rotatable bonds is 4. The molecule has 5 heterocycles. The molecule has 0 unspecified atom stereocenters. The molecule has 0 aliphatic carbocycles. The molecule has 8 bridgehead atoms. The summed E-state index contributed by atoms with van der Waals surface area (Å²) < 4.78 is 183. The van der Waals surface area contributed by atoms with Gasteiger partial charge in [-0.2, -0.15) is 0 Å². The van der Waals surface area contributed by atoms with Gasteiger partial charge >= 0.3 is 0 Å². The molecular formula is C44H18F12N4. The molecule has 3 aromatic heterocycles. The zero-order valence-electron chi connectivity index (χ0n) is 29.7. The lowest BCUT2D eigenvalue weighted by Crippen LogP contribution is -1.98. The molecule has 0 spiro atoms. The van der Waals surface area contributed by atoms with E-state index in [1.807, 2.05) is 0 Å². The van der Waals surface area contributed by atoms with Gasteiger partial charge in [-0.15, -0.1) is 0 Å². The first-order valence-electron chi connectivity index (χ1n) is 17.4. The third-order valence-corrected chi connectivity index (χ3v) is 9.78. The van der Waals surface area contributed by atoms with E-state index in [1.165, 1.54) is 48.6 Å². The predicted molar refractivity (Wildman–Crippen MR) is 200 cm³/mol. The minimum Gasteiger partial charge on any atom is -0.354 e. The standard InChI is InChI=1S/C44H18F12N4/c45-17-9-21(49)37(22(50)10-17)41-29-1-2-30(57-29)42(38-23(51)11-18(46)12-24(38)52)32-5-6-34(59-32)44(40-27(55)15-20(48)16-28(40)56)36-8-7-35(60-36)43(33-4-3-31(41)58-33)39-25(53)13-19(47)14-26(39)54/h1-16,57,60H. The van der Waals surface area contributed by atoms with Crippen LogP contribution in [0.4, 0.5) is 52.7 Å². The van der Waals surface area contributed by atoms with Crippen molar-refractivity contribution in [2.75, 3.05) is 0 Å². The fourth-order valence-corrected chi connectivity index (χ4v) is 7.38. The van der Waals surface area contributed by atoms with Crippen molar-refractivity contribution in [1.29, 1.82) is 0 Å². The Balaban J connectivity index is 1.54.